The molecule has 0 radical (unpaired) electrons. The molecule has 6 nitrogen and oxygen atoms in total. The Hall–Kier alpha value is -3.00. The van der Waals surface area contributed by atoms with Gasteiger partial charge in [-0.1, -0.05) is 59.1 Å². The van der Waals surface area contributed by atoms with E-state index in [0.29, 0.717) is 18.0 Å². The Morgan fingerprint density at radius 2 is 1.58 bits per heavy atom. The molecular weight excluding hydrogens is 436 g/mol. The number of nitrogens with one attached hydrogen (secondary N) is 1. The summed E-state index contributed by atoms with van der Waals surface area (Å²) in [6, 6.07) is 23.3. The zero-order valence-corrected chi connectivity index (χ0v) is 19.4. The van der Waals surface area contributed by atoms with E-state index in [0.717, 1.165) is 10.9 Å². The number of amides is 1. The summed E-state index contributed by atoms with van der Waals surface area (Å²) >= 11 is 0. The van der Waals surface area contributed by atoms with Crippen LogP contribution in [0.3, 0.4) is 0 Å². The Morgan fingerprint density at radius 3 is 2.18 bits per heavy atom. The summed E-state index contributed by atoms with van der Waals surface area (Å²) in [5.41, 5.74) is 5.79. The van der Waals surface area contributed by atoms with Crippen LogP contribution < -0.4 is 5.32 Å². The van der Waals surface area contributed by atoms with Crippen LogP contribution in [0.25, 0.3) is 0 Å². The average Bonchev–Trinajstić information content (AvgIpc) is 2.86. The quantitative estimate of drug-likeness (QED) is 0.564. The normalized spacial score (nSPS) is 20.9. The third-order valence-electron chi connectivity index (χ3n) is 6.94. The van der Waals surface area contributed by atoms with Gasteiger partial charge in [0.05, 0.1) is 12.0 Å². The van der Waals surface area contributed by atoms with Crippen LogP contribution in [0.15, 0.2) is 77.7 Å². The molecule has 3 aliphatic carbocycles. The van der Waals surface area contributed by atoms with Crippen molar-refractivity contribution in [3.8, 4) is 0 Å². The van der Waals surface area contributed by atoms with E-state index in [2.05, 4.69) is 53.8 Å². The van der Waals surface area contributed by atoms with Gasteiger partial charge in [0, 0.05) is 31.0 Å². The Morgan fingerprint density at radius 1 is 0.970 bits per heavy atom. The summed E-state index contributed by atoms with van der Waals surface area (Å²) in [5, 5.41) is 3.06. The second kappa shape index (κ2) is 8.41. The molecule has 1 N–H and O–H groups in total. The third-order valence-corrected chi connectivity index (χ3v) is 8.61. The Bertz CT molecular complexity index is 1270. The molecule has 7 heteroatoms. The third kappa shape index (κ3) is 3.66. The molecule has 170 valence electrons. The molecule has 3 aliphatic rings. The van der Waals surface area contributed by atoms with Crippen molar-refractivity contribution in [2.75, 3.05) is 20.7 Å². The lowest BCUT2D eigenvalue weighted by atomic mass is 9.59. The minimum Gasteiger partial charge on any atom is -0.352 e. The smallest absolute Gasteiger partial charge is 0.264 e. The highest BCUT2D eigenvalue weighted by atomic mass is 32.2. The molecule has 1 unspecified atom stereocenters. The molecule has 1 atom stereocenters. The van der Waals surface area contributed by atoms with Crippen molar-refractivity contribution in [2.24, 2.45) is 5.92 Å². The van der Waals surface area contributed by atoms with Gasteiger partial charge in [0.25, 0.3) is 15.9 Å². The van der Waals surface area contributed by atoms with Crippen molar-refractivity contribution in [2.45, 2.75) is 23.2 Å². The van der Waals surface area contributed by atoms with Crippen LogP contribution in [0.5, 0.6) is 0 Å². The van der Waals surface area contributed by atoms with Gasteiger partial charge in [0.15, 0.2) is 0 Å². The maximum absolute atomic E-state index is 13.0. The molecular formula is C26H26N2O4S. The zero-order valence-electron chi connectivity index (χ0n) is 18.6. The summed E-state index contributed by atoms with van der Waals surface area (Å²) in [6.07, 6.45) is 0.978. The number of nitrogens with zero attached hydrogens (tertiary/aromatic N) is 1. The fraction of sp³-hybridized carbons (Fsp3) is 0.269. The molecule has 0 spiro atoms. The van der Waals surface area contributed by atoms with E-state index < -0.39 is 10.0 Å². The number of benzene rings is 3. The number of hydrogen-bond donors (Lipinski definition) is 1. The van der Waals surface area contributed by atoms with Crippen molar-refractivity contribution in [1.29, 1.82) is 0 Å². The second-order valence-electron chi connectivity index (χ2n) is 8.62. The topological polar surface area (TPSA) is 75.7 Å². The number of sulfonamides is 1. The number of hydroxylamine groups is 1. The van der Waals surface area contributed by atoms with Gasteiger partial charge in [-0.15, -0.1) is 0 Å². The van der Waals surface area contributed by atoms with Gasteiger partial charge in [0.2, 0.25) is 0 Å². The second-order valence-corrected chi connectivity index (χ2v) is 10.6. The van der Waals surface area contributed by atoms with Gasteiger partial charge in [0.1, 0.15) is 0 Å². The number of rotatable bonds is 6. The Kier molecular flexibility index (Phi) is 5.56. The van der Waals surface area contributed by atoms with Crippen molar-refractivity contribution in [3.63, 3.8) is 0 Å². The standard InChI is InChI=1S/C26H26N2O4S/c1-28(32-2)33(30,31)19-9-7-8-17(14-19)26(29)27-16-18-15-24-20-10-3-5-12-22(20)25(18)23-13-6-4-11-21(23)24/h3-14,18,24-25H,15-16H2,1-2H3,(H,27,29). The summed E-state index contributed by atoms with van der Waals surface area (Å²) in [4.78, 5) is 17.8. The summed E-state index contributed by atoms with van der Waals surface area (Å²) in [7, 11) is -1.23. The van der Waals surface area contributed by atoms with E-state index in [-0.39, 0.29) is 22.6 Å². The average molecular weight is 463 g/mol. The molecule has 33 heavy (non-hydrogen) atoms. The highest BCUT2D eigenvalue weighted by Crippen LogP contribution is 2.55. The minimum absolute atomic E-state index is 0.0130. The molecule has 2 bridgehead atoms. The van der Waals surface area contributed by atoms with Gasteiger partial charge in [-0.2, -0.15) is 0 Å². The Balaban J connectivity index is 1.37. The van der Waals surface area contributed by atoms with E-state index in [4.69, 9.17) is 4.84 Å². The van der Waals surface area contributed by atoms with Crippen LogP contribution in [-0.4, -0.2) is 39.5 Å². The van der Waals surface area contributed by atoms with Crippen LogP contribution in [0.4, 0.5) is 0 Å². The van der Waals surface area contributed by atoms with E-state index in [1.54, 1.807) is 12.1 Å². The minimum atomic E-state index is -3.82. The van der Waals surface area contributed by atoms with E-state index in [9.17, 15) is 13.2 Å². The van der Waals surface area contributed by atoms with E-state index >= 15 is 0 Å². The van der Waals surface area contributed by atoms with Crippen molar-refractivity contribution < 1.29 is 18.0 Å². The molecule has 0 saturated carbocycles. The van der Waals surface area contributed by atoms with Crippen LogP contribution in [0.1, 0.15) is 50.9 Å². The van der Waals surface area contributed by atoms with Crippen LogP contribution in [-0.2, 0) is 14.9 Å². The van der Waals surface area contributed by atoms with Gasteiger partial charge >= 0.3 is 0 Å². The fourth-order valence-electron chi connectivity index (χ4n) is 5.33. The number of fused-ring (bicyclic) bond motifs is 1. The largest absolute Gasteiger partial charge is 0.352 e. The molecule has 0 aliphatic heterocycles. The lowest BCUT2D eigenvalue weighted by molar-refractivity contribution is -0.0258. The van der Waals surface area contributed by atoms with Crippen molar-refractivity contribution >= 4 is 15.9 Å². The van der Waals surface area contributed by atoms with Crippen molar-refractivity contribution in [1.82, 2.24) is 9.79 Å². The first-order valence-corrected chi connectivity index (χ1v) is 12.4. The maximum Gasteiger partial charge on any atom is 0.264 e. The molecule has 3 aromatic rings. The molecule has 0 saturated heterocycles. The first-order chi connectivity index (χ1) is 15.9. The van der Waals surface area contributed by atoms with Gasteiger partial charge in [-0.05, 0) is 52.8 Å². The Labute approximate surface area is 194 Å². The molecule has 0 fully saturated rings. The maximum atomic E-state index is 13.0. The zero-order chi connectivity index (χ0) is 23.2. The summed E-state index contributed by atoms with van der Waals surface area (Å²) in [5.74, 6) is 0.567. The lowest BCUT2D eigenvalue weighted by Crippen LogP contribution is -2.39. The summed E-state index contributed by atoms with van der Waals surface area (Å²) < 4.78 is 25.8. The SMILES string of the molecule is CON(C)S(=O)(=O)c1cccc(C(=O)NCC2CC3c4ccccc4C2c2ccccc23)c1. The molecule has 0 aromatic heterocycles. The van der Waals surface area contributed by atoms with E-state index in [1.165, 1.54) is 48.5 Å². The number of carbonyl (C=O) groups is 1. The highest BCUT2D eigenvalue weighted by molar-refractivity contribution is 7.89. The van der Waals surface area contributed by atoms with E-state index in [1.807, 2.05) is 0 Å². The first-order valence-electron chi connectivity index (χ1n) is 11.0. The van der Waals surface area contributed by atoms with Crippen molar-refractivity contribution in [3.05, 3.63) is 101 Å². The molecule has 6 rings (SSSR count). The van der Waals surface area contributed by atoms with Crippen LogP contribution >= 0.6 is 0 Å². The number of carbonyl (C=O) groups excluding carboxylic acids is 1. The monoisotopic (exact) mass is 462 g/mol. The lowest BCUT2D eigenvalue weighted by Gasteiger charge is -2.45. The molecule has 3 aromatic carbocycles. The van der Waals surface area contributed by atoms with Crippen LogP contribution in [0.2, 0.25) is 0 Å². The van der Waals surface area contributed by atoms with Gasteiger partial charge < -0.3 is 5.32 Å². The van der Waals surface area contributed by atoms with Gasteiger partial charge in [-0.25, -0.2) is 8.42 Å². The van der Waals surface area contributed by atoms with Crippen LogP contribution in [0, 0.1) is 5.92 Å². The number of hydrogen-bond acceptors (Lipinski definition) is 4. The highest BCUT2D eigenvalue weighted by Gasteiger charge is 2.42. The predicted octanol–water partition coefficient (Wildman–Crippen LogP) is 3.90. The fourth-order valence-corrected chi connectivity index (χ4v) is 6.35. The first kappa shape index (κ1) is 21.8. The predicted molar refractivity (Wildman–Crippen MR) is 125 cm³/mol. The molecule has 1 amide bonds. The summed E-state index contributed by atoms with van der Waals surface area (Å²) in [6.45, 7) is 0.525. The van der Waals surface area contributed by atoms with Gasteiger partial charge in [-0.3, -0.25) is 9.63 Å². The molecule has 0 heterocycles.